The van der Waals surface area contributed by atoms with E-state index in [2.05, 4.69) is 9.97 Å². The highest BCUT2D eigenvalue weighted by Gasteiger charge is 2.29. The molecule has 0 spiro atoms. The number of thiazole rings is 2. The molecule has 1 atom stereocenters. The van der Waals surface area contributed by atoms with Gasteiger partial charge in [0.15, 0.2) is 0 Å². The number of rotatable bonds is 3. The van der Waals surface area contributed by atoms with Crippen LogP contribution in [0.4, 0.5) is 0 Å². The van der Waals surface area contributed by atoms with Gasteiger partial charge >= 0.3 is 0 Å². The zero-order valence-electron chi connectivity index (χ0n) is 12.6. The van der Waals surface area contributed by atoms with Gasteiger partial charge in [0.1, 0.15) is 6.10 Å². The number of benzene rings is 1. The molecule has 5 nitrogen and oxygen atoms in total. The van der Waals surface area contributed by atoms with Crippen molar-refractivity contribution in [3.63, 3.8) is 0 Å². The lowest BCUT2D eigenvalue weighted by Gasteiger charge is -2.16. The number of aromatic nitrogens is 2. The topological polar surface area (TPSA) is 55.3 Å². The van der Waals surface area contributed by atoms with Gasteiger partial charge in [0.2, 0.25) is 0 Å². The summed E-state index contributed by atoms with van der Waals surface area (Å²) in [7, 11) is 0. The molecule has 0 aliphatic carbocycles. The van der Waals surface area contributed by atoms with Crippen LogP contribution in [-0.2, 0) is 0 Å². The van der Waals surface area contributed by atoms with Crippen molar-refractivity contribution in [2.45, 2.75) is 19.4 Å². The number of hydrogen-bond acceptors (Lipinski definition) is 6. The molecule has 7 heteroatoms. The number of hydrogen-bond donors (Lipinski definition) is 0. The molecule has 2 aromatic heterocycles. The van der Waals surface area contributed by atoms with Gasteiger partial charge in [-0.05, 0) is 25.1 Å². The largest absolute Gasteiger partial charge is 0.465 e. The minimum atomic E-state index is 0.0273. The van der Waals surface area contributed by atoms with E-state index in [0.717, 1.165) is 27.2 Å². The fraction of sp³-hybridized carbons (Fsp3) is 0.312. The first-order valence-corrected chi connectivity index (χ1v) is 9.11. The molecule has 23 heavy (non-hydrogen) atoms. The summed E-state index contributed by atoms with van der Waals surface area (Å²) < 4.78 is 6.87. The second-order valence-corrected chi connectivity index (χ2v) is 7.58. The number of ether oxygens (including phenoxy) is 1. The second-order valence-electron chi connectivity index (χ2n) is 5.49. The third-order valence-electron chi connectivity index (χ3n) is 3.85. The average Bonchev–Trinajstić information content (AvgIpc) is 3.26. The van der Waals surface area contributed by atoms with E-state index in [1.807, 2.05) is 35.4 Å². The van der Waals surface area contributed by atoms with Crippen LogP contribution in [0.1, 0.15) is 21.8 Å². The molecule has 1 aliphatic heterocycles. The minimum absolute atomic E-state index is 0.0273. The first-order chi connectivity index (χ1) is 11.2. The van der Waals surface area contributed by atoms with Gasteiger partial charge in [-0.2, -0.15) is 0 Å². The molecule has 1 fully saturated rings. The van der Waals surface area contributed by atoms with Crippen LogP contribution in [0.5, 0.6) is 5.19 Å². The van der Waals surface area contributed by atoms with Crippen LogP contribution >= 0.6 is 22.7 Å². The highest BCUT2D eigenvalue weighted by molar-refractivity contribution is 7.18. The molecule has 1 aliphatic rings. The van der Waals surface area contributed by atoms with Gasteiger partial charge in [-0.25, -0.2) is 9.97 Å². The summed E-state index contributed by atoms with van der Waals surface area (Å²) in [5, 5.41) is 3.58. The average molecular weight is 345 g/mol. The second kappa shape index (κ2) is 5.90. The van der Waals surface area contributed by atoms with Crippen LogP contribution in [0.25, 0.3) is 10.2 Å². The zero-order chi connectivity index (χ0) is 15.8. The Balaban J connectivity index is 1.47. The SMILES string of the molecule is Cc1nc2ccc(C(=O)N3CCC(Oc4nccs4)C3)cc2s1. The number of nitrogens with zero attached hydrogens (tertiary/aromatic N) is 3. The Bertz CT molecular complexity index is 844. The summed E-state index contributed by atoms with van der Waals surface area (Å²) in [6, 6.07) is 5.72. The fourth-order valence-corrected chi connectivity index (χ4v) is 4.19. The Morgan fingerprint density at radius 1 is 1.43 bits per heavy atom. The molecule has 0 bridgehead atoms. The Labute approximate surface area is 141 Å². The lowest BCUT2D eigenvalue weighted by molar-refractivity contribution is 0.0772. The van der Waals surface area contributed by atoms with Gasteiger partial charge in [0.25, 0.3) is 11.1 Å². The number of amides is 1. The standard InChI is InChI=1S/C16H15N3O2S2/c1-10-18-13-3-2-11(8-14(13)23-10)15(20)19-6-4-12(9-19)21-16-17-5-7-22-16/h2-3,5,7-8,12H,4,6,9H2,1H3. The van der Waals surface area contributed by atoms with Crippen LogP contribution in [0.15, 0.2) is 29.8 Å². The van der Waals surface area contributed by atoms with E-state index in [9.17, 15) is 4.79 Å². The Kier molecular flexibility index (Phi) is 3.74. The molecule has 3 aromatic rings. The molecule has 0 saturated carbocycles. The van der Waals surface area contributed by atoms with Crippen LogP contribution in [0.2, 0.25) is 0 Å². The molecule has 1 amide bonds. The first kappa shape index (κ1) is 14.6. The van der Waals surface area contributed by atoms with E-state index in [1.54, 1.807) is 17.5 Å². The van der Waals surface area contributed by atoms with Gasteiger partial charge in [-0.15, -0.1) is 11.3 Å². The maximum absolute atomic E-state index is 12.7. The lowest BCUT2D eigenvalue weighted by Crippen LogP contribution is -2.30. The van der Waals surface area contributed by atoms with Crippen molar-refractivity contribution in [3.8, 4) is 5.19 Å². The van der Waals surface area contributed by atoms with Crippen molar-refractivity contribution < 1.29 is 9.53 Å². The minimum Gasteiger partial charge on any atom is -0.465 e. The van der Waals surface area contributed by atoms with E-state index in [-0.39, 0.29) is 12.0 Å². The van der Waals surface area contributed by atoms with Gasteiger partial charge in [-0.3, -0.25) is 4.79 Å². The zero-order valence-corrected chi connectivity index (χ0v) is 14.2. The number of carbonyl (C=O) groups is 1. The smallest absolute Gasteiger partial charge is 0.273 e. The van der Waals surface area contributed by atoms with Crippen molar-refractivity contribution >= 4 is 38.8 Å². The third kappa shape index (κ3) is 2.94. The van der Waals surface area contributed by atoms with E-state index in [0.29, 0.717) is 18.3 Å². The van der Waals surface area contributed by atoms with Crippen LogP contribution < -0.4 is 4.74 Å². The highest BCUT2D eigenvalue weighted by Crippen LogP contribution is 2.25. The van der Waals surface area contributed by atoms with Crippen LogP contribution in [0.3, 0.4) is 0 Å². The van der Waals surface area contributed by atoms with Crippen molar-refractivity contribution in [3.05, 3.63) is 40.3 Å². The van der Waals surface area contributed by atoms with Crippen molar-refractivity contribution in [1.29, 1.82) is 0 Å². The highest BCUT2D eigenvalue weighted by atomic mass is 32.1. The normalized spacial score (nSPS) is 17.8. The Hall–Kier alpha value is -1.99. The van der Waals surface area contributed by atoms with Gasteiger partial charge in [0.05, 0.1) is 21.8 Å². The quantitative estimate of drug-likeness (QED) is 0.730. The predicted molar refractivity (Wildman–Crippen MR) is 91.4 cm³/mol. The fourth-order valence-electron chi connectivity index (χ4n) is 2.78. The molecule has 1 saturated heterocycles. The van der Waals surface area contributed by atoms with Gasteiger partial charge < -0.3 is 9.64 Å². The molecule has 0 N–H and O–H groups in total. The third-order valence-corrected chi connectivity index (χ3v) is 5.45. The summed E-state index contributed by atoms with van der Waals surface area (Å²) in [4.78, 5) is 23.1. The summed E-state index contributed by atoms with van der Waals surface area (Å²) in [5.74, 6) is 0.0585. The maximum atomic E-state index is 12.7. The molecular formula is C16H15N3O2S2. The number of carbonyl (C=O) groups excluding carboxylic acids is 1. The van der Waals surface area contributed by atoms with Crippen molar-refractivity contribution in [2.75, 3.05) is 13.1 Å². The molecule has 118 valence electrons. The molecule has 1 unspecified atom stereocenters. The van der Waals surface area contributed by atoms with Crippen molar-refractivity contribution in [2.24, 2.45) is 0 Å². The monoisotopic (exact) mass is 345 g/mol. The summed E-state index contributed by atoms with van der Waals surface area (Å²) >= 11 is 3.09. The van der Waals surface area contributed by atoms with E-state index in [4.69, 9.17) is 4.74 Å². The summed E-state index contributed by atoms with van der Waals surface area (Å²) in [6.45, 7) is 3.31. The number of likely N-dealkylation sites (tertiary alicyclic amines) is 1. The maximum Gasteiger partial charge on any atom is 0.273 e. The number of aryl methyl sites for hydroxylation is 1. The Morgan fingerprint density at radius 3 is 3.17 bits per heavy atom. The van der Waals surface area contributed by atoms with E-state index >= 15 is 0 Å². The lowest BCUT2D eigenvalue weighted by atomic mass is 10.2. The summed E-state index contributed by atoms with van der Waals surface area (Å²) in [5.41, 5.74) is 1.67. The molecule has 3 heterocycles. The first-order valence-electron chi connectivity index (χ1n) is 7.41. The van der Waals surface area contributed by atoms with E-state index in [1.165, 1.54) is 11.3 Å². The summed E-state index contributed by atoms with van der Waals surface area (Å²) in [6.07, 6.45) is 2.59. The van der Waals surface area contributed by atoms with Crippen molar-refractivity contribution in [1.82, 2.24) is 14.9 Å². The van der Waals surface area contributed by atoms with Gasteiger partial charge in [0, 0.05) is 30.1 Å². The molecular weight excluding hydrogens is 330 g/mol. The van der Waals surface area contributed by atoms with Gasteiger partial charge in [-0.1, -0.05) is 11.3 Å². The number of fused-ring (bicyclic) bond motifs is 1. The molecule has 0 radical (unpaired) electrons. The predicted octanol–water partition coefficient (Wildman–Crippen LogP) is 3.35. The Morgan fingerprint density at radius 2 is 2.35 bits per heavy atom. The van der Waals surface area contributed by atoms with E-state index < -0.39 is 0 Å². The van der Waals surface area contributed by atoms with Crippen LogP contribution in [-0.4, -0.2) is 40.0 Å². The molecule has 1 aromatic carbocycles. The van der Waals surface area contributed by atoms with Crippen LogP contribution in [0, 0.1) is 6.92 Å². The molecule has 4 rings (SSSR count).